The molecule has 0 unspecified atom stereocenters. The second-order valence-corrected chi connectivity index (χ2v) is 6.79. The van der Waals surface area contributed by atoms with Gasteiger partial charge in [0.25, 0.3) is 0 Å². The first-order valence-corrected chi connectivity index (χ1v) is 8.14. The normalized spacial score (nSPS) is 12.0. The van der Waals surface area contributed by atoms with E-state index in [1.807, 2.05) is 0 Å². The quantitative estimate of drug-likeness (QED) is 0.720. The monoisotopic (exact) mass is 285 g/mol. The first-order chi connectivity index (χ1) is 8.97. The van der Waals surface area contributed by atoms with Crippen molar-refractivity contribution in [1.82, 2.24) is 4.72 Å². The van der Waals surface area contributed by atoms with Crippen LogP contribution in [0, 0.1) is 5.92 Å². The van der Waals surface area contributed by atoms with E-state index in [2.05, 4.69) is 18.6 Å². The van der Waals surface area contributed by atoms with Gasteiger partial charge in [-0.3, -0.25) is 0 Å². The van der Waals surface area contributed by atoms with Gasteiger partial charge in [-0.1, -0.05) is 44.9 Å². The fourth-order valence-corrected chi connectivity index (χ4v) is 3.16. The predicted octanol–water partition coefficient (Wildman–Crippen LogP) is 2.28. The van der Waals surface area contributed by atoms with E-state index in [9.17, 15) is 8.42 Å². The smallest absolute Gasteiger partial charge is 0.240 e. The molecule has 108 valence electrons. The minimum absolute atomic E-state index is 0.168. The van der Waals surface area contributed by atoms with Gasteiger partial charge in [0.1, 0.15) is 0 Å². The summed E-state index contributed by atoms with van der Waals surface area (Å²) in [5.41, 5.74) is 0.428. The molecule has 4 nitrogen and oxygen atoms in total. The van der Waals surface area contributed by atoms with E-state index < -0.39 is 10.0 Å². The lowest BCUT2D eigenvalue weighted by molar-refractivity contribution is 0.278. The maximum absolute atomic E-state index is 12.1. The first-order valence-electron chi connectivity index (χ1n) is 6.66. The first kappa shape index (κ1) is 16.1. The average Bonchev–Trinajstić information content (AvgIpc) is 2.37. The Balaban J connectivity index is 2.56. The number of nitrogens with one attached hydrogen (secondary N) is 1. The van der Waals surface area contributed by atoms with Gasteiger partial charge in [-0.2, -0.15) is 0 Å². The van der Waals surface area contributed by atoms with Crippen molar-refractivity contribution in [1.29, 1.82) is 0 Å². The third kappa shape index (κ3) is 5.30. The molecule has 0 heterocycles. The van der Waals surface area contributed by atoms with Crippen LogP contribution in [0.4, 0.5) is 0 Å². The van der Waals surface area contributed by atoms with Crippen LogP contribution in [-0.2, 0) is 16.6 Å². The number of aliphatic hydroxyl groups excluding tert-OH is 1. The van der Waals surface area contributed by atoms with E-state index in [1.54, 1.807) is 18.2 Å². The number of unbranched alkanes of at least 4 members (excludes halogenated alkanes) is 1. The molecule has 19 heavy (non-hydrogen) atoms. The molecular formula is C14H23NO3S. The van der Waals surface area contributed by atoms with Crippen LogP contribution in [0.25, 0.3) is 0 Å². The van der Waals surface area contributed by atoms with Gasteiger partial charge in [-0.15, -0.1) is 0 Å². The van der Waals surface area contributed by atoms with Crippen LogP contribution in [0.5, 0.6) is 0 Å². The highest BCUT2D eigenvalue weighted by atomic mass is 32.2. The highest BCUT2D eigenvalue weighted by molar-refractivity contribution is 7.89. The molecule has 0 aliphatic rings. The summed E-state index contributed by atoms with van der Waals surface area (Å²) in [6, 6.07) is 6.51. The Kier molecular flexibility index (Phi) is 6.48. The lowest BCUT2D eigenvalue weighted by Gasteiger charge is -2.10. The topological polar surface area (TPSA) is 66.4 Å². The molecule has 0 radical (unpaired) electrons. The lowest BCUT2D eigenvalue weighted by atomic mass is 10.1. The Morgan fingerprint density at radius 2 is 1.89 bits per heavy atom. The van der Waals surface area contributed by atoms with E-state index in [0.29, 0.717) is 18.0 Å². The molecule has 0 amide bonds. The second-order valence-electron chi connectivity index (χ2n) is 5.05. The van der Waals surface area contributed by atoms with Crippen molar-refractivity contribution < 1.29 is 13.5 Å². The zero-order valence-corrected chi connectivity index (χ0v) is 12.4. The van der Waals surface area contributed by atoms with Crippen LogP contribution in [0.3, 0.4) is 0 Å². The highest BCUT2D eigenvalue weighted by Crippen LogP contribution is 2.15. The van der Waals surface area contributed by atoms with E-state index in [1.165, 1.54) is 6.07 Å². The Bertz CT molecular complexity index is 483. The molecule has 0 spiro atoms. The van der Waals surface area contributed by atoms with Crippen molar-refractivity contribution in [2.75, 3.05) is 6.54 Å². The fraction of sp³-hybridized carbons (Fsp3) is 0.571. The molecule has 1 aromatic carbocycles. The largest absolute Gasteiger partial charge is 0.392 e. The van der Waals surface area contributed by atoms with Gasteiger partial charge >= 0.3 is 0 Å². The summed E-state index contributed by atoms with van der Waals surface area (Å²) in [5, 5.41) is 9.16. The van der Waals surface area contributed by atoms with Crippen molar-refractivity contribution in [3.63, 3.8) is 0 Å². The van der Waals surface area contributed by atoms with Crippen LogP contribution in [0.1, 0.15) is 38.7 Å². The molecule has 0 aliphatic carbocycles. The number of sulfonamides is 1. The summed E-state index contributed by atoms with van der Waals surface area (Å²) in [6.07, 6.45) is 2.95. The van der Waals surface area contributed by atoms with Gasteiger partial charge in [0, 0.05) is 6.54 Å². The van der Waals surface area contributed by atoms with E-state index in [-0.39, 0.29) is 11.5 Å². The number of hydrogen-bond acceptors (Lipinski definition) is 3. The van der Waals surface area contributed by atoms with E-state index in [0.717, 1.165) is 19.3 Å². The maximum atomic E-state index is 12.1. The van der Waals surface area contributed by atoms with Crippen LogP contribution in [0.15, 0.2) is 29.2 Å². The number of hydrogen-bond donors (Lipinski definition) is 2. The Morgan fingerprint density at radius 1 is 1.21 bits per heavy atom. The Labute approximate surface area is 115 Å². The fourth-order valence-electron chi connectivity index (χ4n) is 1.86. The minimum atomic E-state index is -3.51. The van der Waals surface area contributed by atoms with Gasteiger partial charge in [0.05, 0.1) is 11.5 Å². The molecule has 0 fully saturated rings. The van der Waals surface area contributed by atoms with Crippen LogP contribution in [0.2, 0.25) is 0 Å². The highest BCUT2D eigenvalue weighted by Gasteiger charge is 2.16. The van der Waals surface area contributed by atoms with Gasteiger partial charge in [-0.25, -0.2) is 13.1 Å². The van der Waals surface area contributed by atoms with Crippen molar-refractivity contribution in [3.05, 3.63) is 29.8 Å². The SMILES string of the molecule is CC(C)CCCCNS(=O)(=O)c1ccccc1CO. The third-order valence-electron chi connectivity index (χ3n) is 2.93. The maximum Gasteiger partial charge on any atom is 0.240 e. The summed E-state index contributed by atoms with van der Waals surface area (Å²) in [7, 11) is -3.51. The summed E-state index contributed by atoms with van der Waals surface area (Å²) in [4.78, 5) is 0.168. The molecule has 0 saturated carbocycles. The van der Waals surface area contributed by atoms with Gasteiger partial charge in [0.2, 0.25) is 10.0 Å². The van der Waals surface area contributed by atoms with Gasteiger partial charge < -0.3 is 5.11 Å². The van der Waals surface area contributed by atoms with Crippen LogP contribution in [-0.4, -0.2) is 20.1 Å². The molecule has 0 saturated heterocycles. The molecular weight excluding hydrogens is 262 g/mol. The van der Waals surface area contributed by atoms with Crippen molar-refractivity contribution in [2.24, 2.45) is 5.92 Å². The summed E-state index contributed by atoms with van der Waals surface area (Å²) >= 11 is 0. The Morgan fingerprint density at radius 3 is 2.53 bits per heavy atom. The Hall–Kier alpha value is -0.910. The van der Waals surface area contributed by atoms with Gasteiger partial charge in [0.15, 0.2) is 0 Å². The van der Waals surface area contributed by atoms with Crippen LogP contribution >= 0.6 is 0 Å². The molecule has 0 atom stereocenters. The summed E-state index contributed by atoms with van der Waals surface area (Å²) in [6.45, 7) is 4.47. The van der Waals surface area contributed by atoms with Gasteiger partial charge in [-0.05, 0) is 24.0 Å². The minimum Gasteiger partial charge on any atom is -0.392 e. The summed E-state index contributed by atoms with van der Waals surface area (Å²) in [5.74, 6) is 0.645. The molecule has 0 aliphatic heterocycles. The van der Waals surface area contributed by atoms with Crippen molar-refractivity contribution in [2.45, 2.75) is 44.6 Å². The summed E-state index contributed by atoms with van der Waals surface area (Å²) < 4.78 is 26.8. The number of benzene rings is 1. The zero-order valence-electron chi connectivity index (χ0n) is 11.6. The zero-order chi connectivity index (χ0) is 14.3. The number of rotatable bonds is 8. The van der Waals surface area contributed by atoms with Crippen molar-refractivity contribution in [3.8, 4) is 0 Å². The van der Waals surface area contributed by atoms with E-state index in [4.69, 9.17) is 5.11 Å². The standard InChI is InChI=1S/C14H23NO3S/c1-12(2)7-5-6-10-15-19(17,18)14-9-4-3-8-13(14)11-16/h3-4,8-9,12,15-16H,5-7,10-11H2,1-2H3. The lowest BCUT2D eigenvalue weighted by Crippen LogP contribution is -2.25. The molecule has 0 aromatic heterocycles. The molecule has 5 heteroatoms. The third-order valence-corrected chi connectivity index (χ3v) is 4.49. The molecule has 2 N–H and O–H groups in total. The molecule has 1 aromatic rings. The molecule has 0 bridgehead atoms. The average molecular weight is 285 g/mol. The predicted molar refractivity (Wildman–Crippen MR) is 76.2 cm³/mol. The van der Waals surface area contributed by atoms with E-state index >= 15 is 0 Å². The van der Waals surface area contributed by atoms with Crippen molar-refractivity contribution >= 4 is 10.0 Å². The van der Waals surface area contributed by atoms with Crippen LogP contribution < -0.4 is 4.72 Å². The second kappa shape index (κ2) is 7.62. The number of aliphatic hydroxyl groups is 1. The molecule has 1 rings (SSSR count).